The summed E-state index contributed by atoms with van der Waals surface area (Å²) >= 11 is 5.24. The van der Waals surface area contributed by atoms with Crippen LogP contribution in [0.5, 0.6) is 5.75 Å². The minimum absolute atomic E-state index is 0.472. The molecule has 0 saturated carbocycles. The van der Waals surface area contributed by atoms with Crippen LogP contribution < -0.4 is 15.5 Å². The van der Waals surface area contributed by atoms with E-state index in [1.165, 1.54) is 22.6 Å². The van der Waals surface area contributed by atoms with E-state index in [1.54, 1.807) is 11.3 Å². The Morgan fingerprint density at radius 1 is 1.24 bits per heavy atom. The number of aromatic amines is 1. The Kier molecular flexibility index (Phi) is 5.89. The van der Waals surface area contributed by atoms with Crippen molar-refractivity contribution in [1.29, 1.82) is 5.26 Å². The largest absolute Gasteiger partial charge is 0.488 e. The molecule has 0 radical (unpaired) electrons. The summed E-state index contributed by atoms with van der Waals surface area (Å²) < 4.78 is 6.97. The molecule has 3 N–H and O–H groups in total. The lowest BCUT2D eigenvalue weighted by Crippen LogP contribution is -2.21. The van der Waals surface area contributed by atoms with Crippen molar-refractivity contribution in [1.82, 2.24) is 0 Å². The Bertz CT molecular complexity index is 1100. The number of aryl methyl sites for hydroxylation is 2. The second-order valence-corrected chi connectivity index (χ2v) is 9.44. The summed E-state index contributed by atoms with van der Waals surface area (Å²) in [6.07, 6.45) is 5.47. The first-order valence-corrected chi connectivity index (χ1v) is 11.4. The van der Waals surface area contributed by atoms with Gasteiger partial charge in [-0.2, -0.15) is 5.26 Å². The highest BCUT2D eigenvalue weighted by Crippen LogP contribution is 2.39. The number of aromatic nitrogens is 1. The molecule has 0 unspecified atom stereocenters. The van der Waals surface area contributed by atoms with Gasteiger partial charge in [0.25, 0.3) is 5.82 Å². The maximum atomic E-state index is 9.82. The van der Waals surface area contributed by atoms with Crippen LogP contribution in [0.4, 0.5) is 5.82 Å². The molecule has 0 fully saturated rings. The molecule has 0 aliphatic heterocycles. The number of nitrogens with one attached hydrogen (secondary N) is 1. The van der Waals surface area contributed by atoms with Gasteiger partial charge in [-0.15, -0.1) is 11.3 Å². The first-order chi connectivity index (χ1) is 14.1. The lowest BCUT2D eigenvalue weighted by atomic mass is 9.95. The van der Waals surface area contributed by atoms with Gasteiger partial charge in [-0.3, -0.25) is 5.73 Å². The molecule has 4 rings (SSSR count). The number of pyridine rings is 1. The quantitative estimate of drug-likeness (QED) is 0.506. The van der Waals surface area contributed by atoms with Crippen molar-refractivity contribution in [3.8, 4) is 22.3 Å². The summed E-state index contributed by atoms with van der Waals surface area (Å²) in [5.74, 6) is 1.30. The maximum Gasteiger partial charge on any atom is 0.289 e. The van der Waals surface area contributed by atoms with Gasteiger partial charge >= 0.3 is 0 Å². The highest BCUT2D eigenvalue weighted by Gasteiger charge is 2.25. The standard InChI is InChI=1S/C23H22BrN3OS/c1-14-15(13-28-20-10-6-5-8-18(20)24)11-21(29-14)22-16-7-3-2-4-9-19(16)27-23(26)17(22)12-25/h5-6,8,10-11H,2-4,7,9,13H2,1H3,(H2,26,27)/p+1. The number of anilines is 1. The van der Waals surface area contributed by atoms with Crippen molar-refractivity contribution in [3.05, 3.63) is 62.1 Å². The summed E-state index contributed by atoms with van der Waals surface area (Å²) in [5, 5.41) is 9.82. The average molecular weight is 469 g/mol. The summed E-state index contributed by atoms with van der Waals surface area (Å²) in [6.45, 7) is 2.60. The lowest BCUT2D eigenvalue weighted by Gasteiger charge is -2.11. The van der Waals surface area contributed by atoms with Crippen molar-refractivity contribution in [3.63, 3.8) is 0 Å². The number of nitriles is 1. The molecule has 0 bridgehead atoms. The van der Waals surface area contributed by atoms with Crippen LogP contribution in [0.15, 0.2) is 34.8 Å². The predicted molar refractivity (Wildman–Crippen MR) is 120 cm³/mol. The summed E-state index contributed by atoms with van der Waals surface area (Å²) in [5.41, 5.74) is 11.4. The van der Waals surface area contributed by atoms with Gasteiger partial charge < -0.3 is 4.74 Å². The van der Waals surface area contributed by atoms with Gasteiger partial charge in [-0.05, 0) is 60.3 Å². The van der Waals surface area contributed by atoms with Crippen molar-refractivity contribution in [2.75, 3.05) is 5.73 Å². The third kappa shape index (κ3) is 4.03. The van der Waals surface area contributed by atoms with Crippen LogP contribution in [-0.4, -0.2) is 0 Å². The van der Waals surface area contributed by atoms with Crippen LogP contribution >= 0.6 is 27.3 Å². The molecule has 29 heavy (non-hydrogen) atoms. The van der Waals surface area contributed by atoms with E-state index in [-0.39, 0.29) is 0 Å². The summed E-state index contributed by atoms with van der Waals surface area (Å²) in [6, 6.07) is 12.4. The van der Waals surface area contributed by atoms with Crippen LogP contribution in [0, 0.1) is 18.3 Å². The van der Waals surface area contributed by atoms with E-state index in [1.807, 2.05) is 24.3 Å². The number of thiophene rings is 1. The molecule has 2 aromatic heterocycles. The molecule has 4 nitrogen and oxygen atoms in total. The van der Waals surface area contributed by atoms with Crippen LogP contribution in [-0.2, 0) is 19.4 Å². The zero-order chi connectivity index (χ0) is 20.4. The van der Waals surface area contributed by atoms with Gasteiger partial charge in [0.1, 0.15) is 29.7 Å². The van der Waals surface area contributed by atoms with Gasteiger partial charge in [0.05, 0.1) is 4.47 Å². The second kappa shape index (κ2) is 8.56. The number of hydrogen-bond acceptors (Lipinski definition) is 4. The predicted octanol–water partition coefficient (Wildman–Crippen LogP) is 5.60. The lowest BCUT2D eigenvalue weighted by molar-refractivity contribution is -0.373. The molecule has 0 spiro atoms. The van der Waals surface area contributed by atoms with E-state index < -0.39 is 0 Å². The third-order valence-corrected chi connectivity index (χ3v) is 7.19. The Morgan fingerprint density at radius 3 is 2.83 bits per heavy atom. The van der Waals surface area contributed by atoms with Crippen LogP contribution in [0.2, 0.25) is 0 Å². The molecule has 1 aromatic carbocycles. The summed E-state index contributed by atoms with van der Waals surface area (Å²) in [7, 11) is 0. The van der Waals surface area contributed by atoms with Crippen LogP contribution in [0.25, 0.3) is 10.4 Å². The topological polar surface area (TPSA) is 73.2 Å². The van der Waals surface area contributed by atoms with Gasteiger partial charge in [0.15, 0.2) is 0 Å². The molecular formula is C23H23BrN3OS+. The zero-order valence-corrected chi connectivity index (χ0v) is 18.8. The molecule has 1 aliphatic rings. The Morgan fingerprint density at radius 2 is 2.03 bits per heavy atom. The molecule has 6 heteroatoms. The number of halogens is 1. The van der Waals surface area contributed by atoms with E-state index in [9.17, 15) is 5.26 Å². The molecule has 0 atom stereocenters. The number of fused-ring (bicyclic) bond motifs is 1. The molecule has 0 saturated heterocycles. The van der Waals surface area contributed by atoms with Crippen molar-refractivity contribution in [2.45, 2.75) is 45.6 Å². The number of hydrogen-bond donors (Lipinski definition) is 1. The van der Waals surface area contributed by atoms with Gasteiger partial charge in [0, 0.05) is 32.9 Å². The Balaban J connectivity index is 1.73. The highest BCUT2D eigenvalue weighted by atomic mass is 79.9. The number of H-pyrrole nitrogens is 1. The molecule has 1 aliphatic carbocycles. The van der Waals surface area contributed by atoms with Gasteiger partial charge in [0.2, 0.25) is 0 Å². The number of ether oxygens (including phenoxy) is 1. The smallest absolute Gasteiger partial charge is 0.289 e. The first kappa shape index (κ1) is 19.9. The fourth-order valence-electron chi connectivity index (χ4n) is 3.90. The van der Waals surface area contributed by atoms with Crippen molar-refractivity contribution in [2.24, 2.45) is 0 Å². The molecule has 3 aromatic rings. The Labute approximate surface area is 183 Å². The van der Waals surface area contributed by atoms with E-state index in [4.69, 9.17) is 10.5 Å². The van der Waals surface area contributed by atoms with E-state index in [0.717, 1.165) is 51.9 Å². The monoisotopic (exact) mass is 468 g/mol. The summed E-state index contributed by atoms with van der Waals surface area (Å²) in [4.78, 5) is 5.60. The van der Waals surface area contributed by atoms with Crippen molar-refractivity contribution < 1.29 is 9.72 Å². The van der Waals surface area contributed by atoms with E-state index in [0.29, 0.717) is 18.0 Å². The number of nitrogen functional groups attached to an aromatic ring is 1. The molecular weight excluding hydrogens is 446 g/mol. The molecule has 0 amide bonds. The highest BCUT2D eigenvalue weighted by molar-refractivity contribution is 9.10. The first-order valence-electron chi connectivity index (χ1n) is 9.82. The van der Waals surface area contributed by atoms with Gasteiger partial charge in [-0.1, -0.05) is 18.6 Å². The van der Waals surface area contributed by atoms with Gasteiger partial charge in [-0.25, -0.2) is 4.98 Å². The van der Waals surface area contributed by atoms with Crippen molar-refractivity contribution >= 4 is 33.1 Å². The SMILES string of the molecule is Cc1sc(-c2c(C#N)c(N)[nH+]c3c2CCCCC3)cc1COc1ccccc1Br. The number of rotatable bonds is 4. The van der Waals surface area contributed by atoms with Crippen LogP contribution in [0.1, 0.15) is 46.5 Å². The van der Waals surface area contributed by atoms with Crippen LogP contribution in [0.3, 0.4) is 0 Å². The number of para-hydroxylation sites is 1. The average Bonchev–Trinajstić information content (AvgIpc) is 2.92. The Hall–Kier alpha value is -2.36. The normalized spacial score (nSPS) is 13.4. The fourth-order valence-corrected chi connectivity index (χ4v) is 5.40. The zero-order valence-electron chi connectivity index (χ0n) is 16.3. The van der Waals surface area contributed by atoms with E-state index in [2.05, 4.69) is 40.0 Å². The number of nitrogens with two attached hydrogens (primary N) is 1. The molecule has 148 valence electrons. The fraction of sp³-hybridized carbons (Fsp3) is 0.304. The maximum absolute atomic E-state index is 9.82. The number of nitrogens with zero attached hydrogens (tertiary/aromatic N) is 1. The minimum Gasteiger partial charge on any atom is -0.488 e. The third-order valence-electron chi connectivity index (χ3n) is 5.42. The second-order valence-electron chi connectivity index (χ2n) is 7.33. The molecule has 2 heterocycles. The minimum atomic E-state index is 0.472. The van der Waals surface area contributed by atoms with E-state index >= 15 is 0 Å². The number of benzene rings is 1.